The summed E-state index contributed by atoms with van der Waals surface area (Å²) in [6.45, 7) is 1.53. The second kappa shape index (κ2) is 11.1. The van der Waals surface area contributed by atoms with Crippen LogP contribution >= 0.6 is 0 Å². The average Bonchev–Trinajstić information content (AvgIpc) is 2.79. The van der Waals surface area contributed by atoms with Crippen LogP contribution in [0.4, 0.5) is 0 Å². The van der Waals surface area contributed by atoms with E-state index >= 15 is 0 Å². The van der Waals surface area contributed by atoms with E-state index in [2.05, 4.69) is 10.2 Å². The number of amides is 1. The van der Waals surface area contributed by atoms with Gasteiger partial charge in [0.1, 0.15) is 12.4 Å². The zero-order valence-corrected chi connectivity index (χ0v) is 18.4. The maximum absolute atomic E-state index is 12.9. The summed E-state index contributed by atoms with van der Waals surface area (Å²) in [5.74, 6) is -0.486. The number of ether oxygens (including phenoxy) is 1. The number of carbonyl (C=O) groups excluding carboxylic acids is 1. The molecule has 0 spiro atoms. The highest BCUT2D eigenvalue weighted by Gasteiger charge is 2.12. The molecule has 0 aromatic heterocycles. The lowest BCUT2D eigenvalue weighted by Gasteiger charge is -2.14. The molecule has 3 aromatic carbocycles. The van der Waals surface area contributed by atoms with Crippen LogP contribution in [0.2, 0.25) is 0 Å². The highest BCUT2D eigenvalue weighted by Crippen LogP contribution is 2.25. The number of nitrogens with zero attached hydrogens (tertiary/aromatic N) is 1. The van der Waals surface area contributed by atoms with Gasteiger partial charge in [0.15, 0.2) is 0 Å². The summed E-state index contributed by atoms with van der Waals surface area (Å²) in [4.78, 5) is 26.1. The maximum Gasteiger partial charge on any atom is 0.335 e. The van der Waals surface area contributed by atoms with Crippen molar-refractivity contribution in [1.29, 1.82) is 0 Å². The van der Waals surface area contributed by atoms with Gasteiger partial charge in [-0.3, -0.25) is 4.79 Å². The first-order valence-electron chi connectivity index (χ1n) is 10.5. The van der Waals surface area contributed by atoms with Crippen LogP contribution in [0.15, 0.2) is 72.3 Å². The summed E-state index contributed by atoms with van der Waals surface area (Å²) in [6, 6.07) is 20.2. The molecular weight excluding hydrogens is 404 g/mol. The van der Waals surface area contributed by atoms with Gasteiger partial charge in [0, 0.05) is 11.9 Å². The van der Waals surface area contributed by atoms with Gasteiger partial charge < -0.3 is 20.1 Å². The molecule has 1 amide bonds. The Kier molecular flexibility index (Phi) is 8.00. The summed E-state index contributed by atoms with van der Waals surface area (Å²) in [5, 5.41) is 14.1. The van der Waals surface area contributed by atoms with Gasteiger partial charge in [-0.25, -0.2) is 4.79 Å². The number of benzene rings is 3. The number of hydrogen-bond donors (Lipinski definition) is 2. The zero-order chi connectivity index (χ0) is 22.9. The van der Waals surface area contributed by atoms with E-state index in [1.165, 1.54) is 12.1 Å². The third-order valence-electron chi connectivity index (χ3n) is 4.99. The van der Waals surface area contributed by atoms with Gasteiger partial charge >= 0.3 is 5.97 Å². The van der Waals surface area contributed by atoms with E-state index in [1.807, 2.05) is 56.6 Å². The fourth-order valence-corrected chi connectivity index (χ4v) is 3.28. The molecule has 0 aliphatic heterocycles. The Morgan fingerprint density at radius 1 is 1.00 bits per heavy atom. The normalized spacial score (nSPS) is 11.5. The van der Waals surface area contributed by atoms with Crippen LogP contribution in [-0.4, -0.2) is 55.7 Å². The average molecular weight is 433 g/mol. The summed E-state index contributed by atoms with van der Waals surface area (Å²) in [5.41, 5.74) is 1.39. The molecular formula is C26H28N2O4. The minimum atomic E-state index is -0.987. The topological polar surface area (TPSA) is 78.9 Å². The van der Waals surface area contributed by atoms with Crippen LogP contribution in [0.5, 0.6) is 5.75 Å². The van der Waals surface area contributed by atoms with Crippen molar-refractivity contribution in [3.05, 3.63) is 83.4 Å². The van der Waals surface area contributed by atoms with Crippen LogP contribution in [0.25, 0.3) is 16.8 Å². The first-order valence-corrected chi connectivity index (χ1v) is 10.5. The van der Waals surface area contributed by atoms with Gasteiger partial charge in [-0.05, 0) is 62.3 Å². The summed E-state index contributed by atoms with van der Waals surface area (Å²) in [6.07, 6.45) is 2.57. The molecule has 0 aliphatic rings. The Labute approximate surface area is 188 Å². The minimum absolute atomic E-state index is 0.0915. The van der Waals surface area contributed by atoms with Gasteiger partial charge in [0.25, 0.3) is 5.91 Å². The van der Waals surface area contributed by atoms with Crippen LogP contribution < -0.4 is 10.1 Å². The van der Waals surface area contributed by atoms with Crippen molar-refractivity contribution in [2.75, 3.05) is 33.8 Å². The number of carboxylic acid groups (broad SMARTS) is 1. The Balaban J connectivity index is 1.79. The number of carbonyl (C=O) groups is 2. The SMILES string of the molecule is CN(C)CCCNC(=O)C(=Cc1ccc(C(=O)O)cc1)COc1cccc2ccccc12. The van der Waals surface area contributed by atoms with E-state index in [0.717, 1.165) is 29.3 Å². The van der Waals surface area contributed by atoms with Gasteiger partial charge in [-0.2, -0.15) is 0 Å². The number of fused-ring (bicyclic) bond motifs is 1. The van der Waals surface area contributed by atoms with E-state index in [0.29, 0.717) is 17.9 Å². The second-order valence-electron chi connectivity index (χ2n) is 7.78. The molecule has 3 aromatic rings. The predicted molar refractivity (Wildman–Crippen MR) is 127 cm³/mol. The van der Waals surface area contributed by atoms with E-state index in [1.54, 1.807) is 18.2 Å². The molecule has 0 heterocycles. The Bertz CT molecular complexity index is 1100. The van der Waals surface area contributed by atoms with Gasteiger partial charge in [0.2, 0.25) is 0 Å². The highest BCUT2D eigenvalue weighted by atomic mass is 16.5. The number of aromatic carboxylic acids is 1. The molecule has 6 heteroatoms. The third kappa shape index (κ3) is 6.43. The standard InChI is InChI=1S/C26H28N2O4/c1-28(2)16-6-15-27-25(29)22(17-19-11-13-21(14-12-19)26(30)31)18-32-24-10-5-8-20-7-3-4-9-23(20)24/h3-5,7-14,17H,6,15-16,18H2,1-2H3,(H,27,29)(H,30,31). The van der Waals surface area contributed by atoms with Crippen molar-refractivity contribution < 1.29 is 19.4 Å². The van der Waals surface area contributed by atoms with Crippen LogP contribution in [0.3, 0.4) is 0 Å². The lowest BCUT2D eigenvalue weighted by molar-refractivity contribution is -0.117. The number of carboxylic acids is 1. The lowest BCUT2D eigenvalue weighted by atomic mass is 10.1. The first-order chi connectivity index (χ1) is 15.4. The van der Waals surface area contributed by atoms with Crippen LogP contribution in [0.1, 0.15) is 22.3 Å². The zero-order valence-electron chi connectivity index (χ0n) is 18.4. The minimum Gasteiger partial charge on any atom is -0.488 e. The largest absolute Gasteiger partial charge is 0.488 e. The predicted octanol–water partition coefficient (Wildman–Crippen LogP) is 4.07. The summed E-state index contributed by atoms with van der Waals surface area (Å²) >= 11 is 0. The molecule has 0 unspecified atom stereocenters. The smallest absolute Gasteiger partial charge is 0.335 e. The lowest BCUT2D eigenvalue weighted by Crippen LogP contribution is -2.30. The monoisotopic (exact) mass is 432 g/mol. The number of nitrogens with one attached hydrogen (secondary N) is 1. The molecule has 0 aliphatic carbocycles. The van der Waals surface area contributed by atoms with E-state index in [9.17, 15) is 9.59 Å². The van der Waals surface area contributed by atoms with Gasteiger partial charge in [-0.15, -0.1) is 0 Å². The van der Waals surface area contributed by atoms with E-state index in [-0.39, 0.29) is 18.1 Å². The van der Waals surface area contributed by atoms with Crippen molar-refractivity contribution in [3.8, 4) is 5.75 Å². The molecule has 6 nitrogen and oxygen atoms in total. The Morgan fingerprint density at radius 3 is 2.44 bits per heavy atom. The molecule has 3 rings (SSSR count). The van der Waals surface area contributed by atoms with E-state index in [4.69, 9.17) is 9.84 Å². The Morgan fingerprint density at radius 2 is 1.72 bits per heavy atom. The molecule has 0 radical (unpaired) electrons. The van der Waals surface area contributed by atoms with Crippen molar-refractivity contribution in [3.63, 3.8) is 0 Å². The highest BCUT2D eigenvalue weighted by molar-refractivity contribution is 5.98. The number of rotatable bonds is 10. The fourth-order valence-electron chi connectivity index (χ4n) is 3.28. The maximum atomic E-state index is 12.9. The van der Waals surface area contributed by atoms with Crippen molar-refractivity contribution >= 4 is 28.7 Å². The second-order valence-corrected chi connectivity index (χ2v) is 7.78. The van der Waals surface area contributed by atoms with Crippen molar-refractivity contribution in [2.24, 2.45) is 0 Å². The molecule has 0 atom stereocenters. The molecule has 0 saturated heterocycles. The summed E-state index contributed by atoms with van der Waals surface area (Å²) in [7, 11) is 3.98. The summed E-state index contributed by atoms with van der Waals surface area (Å²) < 4.78 is 6.05. The van der Waals surface area contributed by atoms with Crippen molar-refractivity contribution in [2.45, 2.75) is 6.42 Å². The van der Waals surface area contributed by atoms with Crippen molar-refractivity contribution in [1.82, 2.24) is 10.2 Å². The van der Waals surface area contributed by atoms with Crippen LogP contribution in [-0.2, 0) is 4.79 Å². The fraction of sp³-hybridized carbons (Fsp3) is 0.231. The molecule has 0 fully saturated rings. The molecule has 2 N–H and O–H groups in total. The molecule has 0 bridgehead atoms. The first kappa shape index (κ1) is 23.0. The van der Waals surface area contributed by atoms with E-state index < -0.39 is 5.97 Å². The molecule has 32 heavy (non-hydrogen) atoms. The molecule has 166 valence electrons. The Hall–Kier alpha value is -3.64. The van der Waals surface area contributed by atoms with Gasteiger partial charge in [0.05, 0.1) is 11.1 Å². The molecule has 0 saturated carbocycles. The van der Waals surface area contributed by atoms with Gasteiger partial charge in [-0.1, -0.05) is 48.5 Å². The number of hydrogen-bond acceptors (Lipinski definition) is 4. The van der Waals surface area contributed by atoms with Crippen LogP contribution in [0, 0.1) is 0 Å². The quantitative estimate of drug-likeness (QED) is 0.373. The third-order valence-corrected chi connectivity index (χ3v) is 4.99.